The van der Waals surface area contributed by atoms with Gasteiger partial charge in [0.25, 0.3) is 5.56 Å². The Morgan fingerprint density at radius 2 is 1.79 bits per heavy atom. The lowest BCUT2D eigenvalue weighted by Crippen LogP contribution is -2.38. The van der Waals surface area contributed by atoms with Crippen LogP contribution in [-0.4, -0.2) is 82.0 Å². The molecule has 2 unspecified atom stereocenters. The lowest BCUT2D eigenvalue weighted by atomic mass is 9.85. The zero-order chi connectivity index (χ0) is 32.3. The molecule has 244 valence electrons. The van der Waals surface area contributed by atoms with Gasteiger partial charge >= 0.3 is 0 Å². The van der Waals surface area contributed by atoms with Gasteiger partial charge in [0.1, 0.15) is 12.2 Å². The standard InChI is InChI=1S/C36H41N7O4/c1-24(44)42-17-6-7-26(22-42)29-8-2-3-9-30(29)31-19-27-20-38-36(39-28-12-10-25(11-13-28)32-21-37-14-18-47-32)40-34(27)43(35(31)46)23-33(45)41-15-4-5-16-41/h2-3,8-13,19-20,26,32,37H,4-7,14-18,21-23H2,1H3,(H,38,39,40). The van der Waals surface area contributed by atoms with E-state index >= 15 is 0 Å². The van der Waals surface area contributed by atoms with Crippen LogP contribution < -0.4 is 16.2 Å². The maximum Gasteiger partial charge on any atom is 0.260 e. The van der Waals surface area contributed by atoms with Gasteiger partial charge in [0, 0.05) is 74.9 Å². The number of morpholine rings is 1. The van der Waals surface area contributed by atoms with Crippen LogP contribution in [0.4, 0.5) is 11.6 Å². The van der Waals surface area contributed by atoms with Gasteiger partial charge in [-0.3, -0.25) is 19.0 Å². The van der Waals surface area contributed by atoms with Crippen molar-refractivity contribution in [2.75, 3.05) is 51.2 Å². The van der Waals surface area contributed by atoms with E-state index in [0.29, 0.717) is 48.8 Å². The Morgan fingerprint density at radius 1 is 1.00 bits per heavy atom. The van der Waals surface area contributed by atoms with Crippen molar-refractivity contribution in [1.82, 2.24) is 29.7 Å². The molecule has 2 amide bonds. The topological polar surface area (TPSA) is 122 Å². The molecule has 11 nitrogen and oxygen atoms in total. The maximum absolute atomic E-state index is 14.4. The number of benzene rings is 2. The van der Waals surface area contributed by atoms with Gasteiger partial charge in [-0.25, -0.2) is 4.98 Å². The summed E-state index contributed by atoms with van der Waals surface area (Å²) in [5.41, 5.74) is 4.37. The molecule has 2 N–H and O–H groups in total. The van der Waals surface area contributed by atoms with Crippen LogP contribution in [0.5, 0.6) is 0 Å². The molecule has 3 aliphatic heterocycles. The molecular weight excluding hydrogens is 594 g/mol. The molecule has 47 heavy (non-hydrogen) atoms. The Morgan fingerprint density at radius 3 is 2.55 bits per heavy atom. The fraction of sp³-hybridized carbons (Fsp3) is 0.417. The number of pyridine rings is 1. The minimum Gasteiger partial charge on any atom is -0.371 e. The number of hydrogen-bond acceptors (Lipinski definition) is 8. The maximum atomic E-state index is 14.4. The molecule has 2 atom stereocenters. The Labute approximate surface area is 274 Å². The number of piperidine rings is 1. The van der Waals surface area contributed by atoms with Gasteiger partial charge in [0.2, 0.25) is 17.8 Å². The van der Waals surface area contributed by atoms with E-state index in [9.17, 15) is 14.4 Å². The second-order valence-corrected chi connectivity index (χ2v) is 12.7. The third-order valence-corrected chi connectivity index (χ3v) is 9.60. The molecule has 0 radical (unpaired) electrons. The van der Waals surface area contributed by atoms with Gasteiger partial charge in [-0.2, -0.15) is 4.98 Å². The minimum absolute atomic E-state index is 0.0165. The summed E-state index contributed by atoms with van der Waals surface area (Å²) in [5, 5.41) is 7.29. The van der Waals surface area contributed by atoms with Crippen molar-refractivity contribution in [3.05, 3.63) is 82.3 Å². The SMILES string of the molecule is CC(=O)N1CCCC(c2ccccc2-c2cc3cnc(Nc4ccc(C5CNCCO5)cc4)nc3n(CC(=O)N3CCCC3)c2=O)C1. The quantitative estimate of drug-likeness (QED) is 0.310. The Hall–Kier alpha value is -4.61. The molecule has 3 aliphatic rings. The molecule has 3 fully saturated rings. The highest BCUT2D eigenvalue weighted by molar-refractivity contribution is 5.85. The second-order valence-electron chi connectivity index (χ2n) is 12.7. The summed E-state index contributed by atoms with van der Waals surface area (Å²) >= 11 is 0. The van der Waals surface area contributed by atoms with Crippen LogP contribution in [0.3, 0.4) is 0 Å². The summed E-state index contributed by atoms with van der Waals surface area (Å²) in [6.07, 6.45) is 5.49. The number of carbonyl (C=O) groups excluding carboxylic acids is 2. The van der Waals surface area contributed by atoms with E-state index < -0.39 is 0 Å². The third kappa shape index (κ3) is 6.63. The number of hydrogen-bond donors (Lipinski definition) is 2. The number of nitrogens with zero attached hydrogens (tertiary/aromatic N) is 5. The molecular formula is C36H41N7O4. The van der Waals surface area contributed by atoms with Crippen LogP contribution in [0.15, 0.2) is 65.6 Å². The van der Waals surface area contributed by atoms with Crippen molar-refractivity contribution in [3.63, 3.8) is 0 Å². The number of rotatable bonds is 7. The van der Waals surface area contributed by atoms with Crippen LogP contribution in [0.25, 0.3) is 22.2 Å². The average Bonchev–Trinajstić information content (AvgIpc) is 3.66. The van der Waals surface area contributed by atoms with E-state index in [1.165, 1.54) is 4.57 Å². The van der Waals surface area contributed by atoms with Gasteiger partial charge in [-0.1, -0.05) is 36.4 Å². The third-order valence-electron chi connectivity index (χ3n) is 9.60. The second kappa shape index (κ2) is 13.6. The molecule has 3 saturated heterocycles. The molecule has 0 bridgehead atoms. The minimum atomic E-state index is -0.271. The van der Waals surface area contributed by atoms with Crippen molar-refractivity contribution in [1.29, 1.82) is 0 Å². The number of ether oxygens (including phenoxy) is 1. The van der Waals surface area contributed by atoms with Crippen molar-refractivity contribution in [3.8, 4) is 11.1 Å². The Kier molecular flexibility index (Phi) is 8.99. The number of amides is 2. The molecule has 2 aromatic carbocycles. The highest BCUT2D eigenvalue weighted by atomic mass is 16.5. The van der Waals surface area contributed by atoms with Gasteiger partial charge < -0.3 is 25.2 Å². The van der Waals surface area contributed by atoms with Crippen molar-refractivity contribution < 1.29 is 14.3 Å². The first-order chi connectivity index (χ1) is 22.9. The first-order valence-electron chi connectivity index (χ1n) is 16.7. The van der Waals surface area contributed by atoms with E-state index in [1.54, 1.807) is 13.1 Å². The van der Waals surface area contributed by atoms with Crippen molar-refractivity contribution >= 4 is 34.5 Å². The van der Waals surface area contributed by atoms with E-state index in [4.69, 9.17) is 9.72 Å². The molecule has 7 rings (SSSR count). The van der Waals surface area contributed by atoms with Crippen molar-refractivity contribution in [2.45, 2.75) is 51.2 Å². The van der Waals surface area contributed by atoms with Crippen LogP contribution in [-0.2, 0) is 20.9 Å². The largest absolute Gasteiger partial charge is 0.371 e. The van der Waals surface area contributed by atoms with E-state index in [-0.39, 0.29) is 35.9 Å². The van der Waals surface area contributed by atoms with E-state index in [0.717, 1.165) is 67.7 Å². The van der Waals surface area contributed by atoms with Crippen LogP contribution >= 0.6 is 0 Å². The predicted molar refractivity (Wildman–Crippen MR) is 181 cm³/mol. The number of fused-ring (bicyclic) bond motifs is 1. The molecule has 5 heterocycles. The van der Waals surface area contributed by atoms with E-state index in [2.05, 4.69) is 21.7 Å². The highest BCUT2D eigenvalue weighted by Gasteiger charge is 2.27. The first kappa shape index (κ1) is 31.0. The molecule has 11 heteroatoms. The summed E-state index contributed by atoms with van der Waals surface area (Å²) < 4.78 is 7.38. The van der Waals surface area contributed by atoms with Crippen LogP contribution in [0, 0.1) is 0 Å². The first-order valence-corrected chi connectivity index (χ1v) is 16.7. The Balaban J connectivity index is 1.25. The summed E-state index contributed by atoms with van der Waals surface area (Å²) in [4.78, 5) is 53.2. The van der Waals surface area contributed by atoms with Crippen molar-refractivity contribution in [2.24, 2.45) is 0 Å². The Bertz CT molecular complexity index is 1830. The zero-order valence-electron chi connectivity index (χ0n) is 26.8. The average molecular weight is 636 g/mol. The number of likely N-dealkylation sites (tertiary alicyclic amines) is 2. The summed E-state index contributed by atoms with van der Waals surface area (Å²) in [6, 6.07) is 17.7. The molecule has 0 saturated carbocycles. The summed E-state index contributed by atoms with van der Waals surface area (Å²) in [7, 11) is 0. The highest BCUT2D eigenvalue weighted by Crippen LogP contribution is 2.34. The molecule has 2 aromatic heterocycles. The number of nitrogens with one attached hydrogen (secondary N) is 2. The van der Waals surface area contributed by atoms with E-state index in [1.807, 2.05) is 58.3 Å². The molecule has 0 aliphatic carbocycles. The normalized spacial score (nSPS) is 20.0. The monoisotopic (exact) mass is 635 g/mol. The smallest absolute Gasteiger partial charge is 0.260 e. The van der Waals surface area contributed by atoms with Crippen LogP contribution in [0.1, 0.15) is 55.8 Å². The van der Waals surface area contributed by atoms with Gasteiger partial charge in [-0.15, -0.1) is 0 Å². The lowest BCUT2D eigenvalue weighted by Gasteiger charge is -2.33. The van der Waals surface area contributed by atoms with Gasteiger partial charge in [0.05, 0.1) is 12.7 Å². The lowest BCUT2D eigenvalue weighted by molar-refractivity contribution is -0.131. The number of carbonyl (C=O) groups is 2. The predicted octanol–water partition coefficient (Wildman–Crippen LogP) is 4.21. The summed E-state index contributed by atoms with van der Waals surface area (Å²) in [6.45, 7) is 6.58. The fourth-order valence-electron chi connectivity index (χ4n) is 7.07. The fourth-order valence-corrected chi connectivity index (χ4v) is 7.07. The number of aromatic nitrogens is 3. The van der Waals surface area contributed by atoms with Gasteiger partial charge in [-0.05, 0) is 60.6 Å². The zero-order valence-corrected chi connectivity index (χ0v) is 26.8. The summed E-state index contributed by atoms with van der Waals surface area (Å²) in [5.74, 6) is 0.411. The molecule has 0 spiro atoms. The van der Waals surface area contributed by atoms with Gasteiger partial charge in [0.15, 0.2) is 0 Å². The number of anilines is 2. The van der Waals surface area contributed by atoms with Crippen LogP contribution in [0.2, 0.25) is 0 Å². The molecule has 4 aromatic rings.